The van der Waals surface area contributed by atoms with Crippen molar-refractivity contribution in [1.82, 2.24) is 4.90 Å². The van der Waals surface area contributed by atoms with Crippen molar-refractivity contribution in [3.8, 4) is 0 Å². The molecule has 3 atom stereocenters. The Morgan fingerprint density at radius 3 is 2.33 bits per heavy atom. The molecule has 4 rings (SSSR count). The Bertz CT molecular complexity index is 903. The normalized spacial score (nSPS) is 24.9. The molecular weight excluding hydrogens is 387 g/mol. The summed E-state index contributed by atoms with van der Waals surface area (Å²) in [6.45, 7) is 3.63. The number of anilines is 1. The first-order valence-corrected chi connectivity index (χ1v) is 9.48. The molecule has 2 aromatic rings. The molecule has 2 aliphatic heterocycles. The zero-order chi connectivity index (χ0) is 19.3. The monoisotopic (exact) mass is 404 g/mol. The second-order valence-electron chi connectivity index (χ2n) is 6.96. The van der Waals surface area contributed by atoms with E-state index in [9.17, 15) is 9.59 Å². The van der Waals surface area contributed by atoms with Gasteiger partial charge in [0.2, 0.25) is 5.91 Å². The second-order valence-corrected chi connectivity index (χ2v) is 7.81. The Morgan fingerprint density at radius 2 is 1.70 bits per heavy atom. The van der Waals surface area contributed by atoms with Crippen LogP contribution in [-0.4, -0.2) is 28.9 Å². The third-order valence-corrected chi connectivity index (χ3v) is 5.52. The number of para-hydroxylation sites is 1. The zero-order valence-corrected chi connectivity index (χ0v) is 16.3. The molecule has 0 spiro atoms. The molecule has 7 heteroatoms. The van der Waals surface area contributed by atoms with Gasteiger partial charge in [-0.2, -0.15) is 0 Å². The molecule has 27 heavy (non-hydrogen) atoms. The molecule has 0 saturated carbocycles. The van der Waals surface area contributed by atoms with Crippen LogP contribution in [0.25, 0.3) is 0 Å². The van der Waals surface area contributed by atoms with Crippen LogP contribution in [0.5, 0.6) is 0 Å². The molecule has 2 fully saturated rings. The predicted octanol–water partition coefficient (Wildman–Crippen LogP) is 4.25. The summed E-state index contributed by atoms with van der Waals surface area (Å²) in [5, 5.41) is 2.56. The highest BCUT2D eigenvalue weighted by atomic mass is 35.5. The van der Waals surface area contributed by atoms with Gasteiger partial charge in [0.25, 0.3) is 5.91 Å². The lowest BCUT2D eigenvalue weighted by Gasteiger charge is -2.30. The van der Waals surface area contributed by atoms with Crippen LogP contribution in [0.1, 0.15) is 25.5 Å². The average Bonchev–Trinajstić information content (AvgIpc) is 3.12. The number of fused-ring (bicyclic) bond motifs is 1. The minimum absolute atomic E-state index is 0.231. The number of amides is 2. The highest BCUT2D eigenvalue weighted by molar-refractivity contribution is 6.35. The maximum atomic E-state index is 13.1. The van der Waals surface area contributed by atoms with Crippen molar-refractivity contribution in [3.63, 3.8) is 0 Å². The van der Waals surface area contributed by atoms with Crippen LogP contribution in [0, 0.1) is 5.92 Å². The van der Waals surface area contributed by atoms with Gasteiger partial charge in [0.15, 0.2) is 6.10 Å². The molecule has 2 heterocycles. The van der Waals surface area contributed by atoms with E-state index in [1.165, 1.54) is 4.90 Å². The largest absolute Gasteiger partial charge is 0.277 e. The molecule has 5 nitrogen and oxygen atoms in total. The Morgan fingerprint density at radius 1 is 1.00 bits per heavy atom. The predicted molar refractivity (Wildman–Crippen MR) is 103 cm³/mol. The summed E-state index contributed by atoms with van der Waals surface area (Å²) in [7, 11) is 0. The number of benzene rings is 2. The smallest absolute Gasteiger partial charge is 0.262 e. The SMILES string of the molecule is CC(C)N1C(=O)[C@@H]2[C@H](ON(c3ccccc3)[C@@H]2c2ccc(Cl)cc2Cl)C1=O. The summed E-state index contributed by atoms with van der Waals surface area (Å²) in [6.07, 6.45) is -0.864. The van der Waals surface area contributed by atoms with Gasteiger partial charge in [-0.05, 0) is 43.7 Å². The van der Waals surface area contributed by atoms with Crippen molar-refractivity contribution in [3.05, 3.63) is 64.1 Å². The Kier molecular flexibility index (Phi) is 4.62. The minimum Gasteiger partial charge on any atom is -0.277 e. The van der Waals surface area contributed by atoms with Gasteiger partial charge >= 0.3 is 0 Å². The van der Waals surface area contributed by atoms with E-state index >= 15 is 0 Å². The van der Waals surface area contributed by atoms with Crippen LogP contribution in [0.2, 0.25) is 10.0 Å². The van der Waals surface area contributed by atoms with Crippen molar-refractivity contribution >= 4 is 40.7 Å². The van der Waals surface area contributed by atoms with E-state index in [2.05, 4.69) is 0 Å². The average molecular weight is 405 g/mol. The van der Waals surface area contributed by atoms with Gasteiger partial charge in [-0.25, -0.2) is 5.06 Å². The molecule has 0 aliphatic carbocycles. The van der Waals surface area contributed by atoms with Gasteiger partial charge in [-0.3, -0.25) is 19.3 Å². The van der Waals surface area contributed by atoms with Crippen molar-refractivity contribution < 1.29 is 14.4 Å². The van der Waals surface area contributed by atoms with Crippen molar-refractivity contribution in [1.29, 1.82) is 0 Å². The summed E-state index contributed by atoms with van der Waals surface area (Å²) >= 11 is 12.5. The van der Waals surface area contributed by atoms with Gasteiger partial charge in [-0.1, -0.05) is 47.5 Å². The third kappa shape index (κ3) is 2.90. The summed E-state index contributed by atoms with van der Waals surface area (Å²) < 4.78 is 0. The molecule has 2 amide bonds. The standard InChI is InChI=1S/C20H18Cl2N2O3/c1-11(2)23-19(25)16-17(14-9-8-12(21)10-15(14)22)24(27-18(16)20(23)26)13-6-4-3-5-7-13/h3-11,16-18H,1-2H3/t16-,17+,18-/m0/s1. The van der Waals surface area contributed by atoms with Crippen LogP contribution in [0.3, 0.4) is 0 Å². The second kappa shape index (κ2) is 6.82. The lowest BCUT2D eigenvalue weighted by Crippen LogP contribution is -2.41. The van der Waals surface area contributed by atoms with E-state index in [-0.39, 0.29) is 17.9 Å². The number of halogens is 2. The van der Waals surface area contributed by atoms with Crippen LogP contribution >= 0.6 is 23.2 Å². The van der Waals surface area contributed by atoms with Crippen LogP contribution < -0.4 is 5.06 Å². The molecule has 2 aromatic carbocycles. The van der Waals surface area contributed by atoms with Crippen LogP contribution in [0.15, 0.2) is 48.5 Å². The van der Waals surface area contributed by atoms with Crippen molar-refractivity contribution in [2.75, 3.05) is 5.06 Å². The molecule has 140 valence electrons. The highest BCUT2D eigenvalue weighted by Gasteiger charge is 2.60. The maximum Gasteiger partial charge on any atom is 0.262 e. The van der Waals surface area contributed by atoms with Crippen molar-refractivity contribution in [2.45, 2.75) is 32.0 Å². The van der Waals surface area contributed by atoms with Crippen LogP contribution in [0.4, 0.5) is 5.69 Å². The Labute approximate surface area is 167 Å². The van der Waals surface area contributed by atoms with Gasteiger partial charge in [0, 0.05) is 16.1 Å². The zero-order valence-electron chi connectivity index (χ0n) is 14.8. The van der Waals surface area contributed by atoms with E-state index in [1.807, 2.05) is 44.2 Å². The molecular formula is C20H18Cl2N2O3. The van der Waals surface area contributed by atoms with Gasteiger partial charge in [0.1, 0.15) is 5.92 Å². The number of rotatable bonds is 3. The first-order valence-electron chi connectivity index (χ1n) is 8.73. The number of hydrogen-bond acceptors (Lipinski definition) is 4. The van der Waals surface area contributed by atoms with E-state index in [4.69, 9.17) is 28.0 Å². The quantitative estimate of drug-likeness (QED) is 0.717. The van der Waals surface area contributed by atoms with E-state index in [1.54, 1.807) is 23.3 Å². The number of imide groups is 1. The summed E-state index contributed by atoms with van der Waals surface area (Å²) in [4.78, 5) is 33.2. The van der Waals surface area contributed by atoms with E-state index in [0.29, 0.717) is 15.6 Å². The molecule has 0 aromatic heterocycles. The van der Waals surface area contributed by atoms with E-state index in [0.717, 1.165) is 5.69 Å². The molecule has 0 bridgehead atoms. The minimum atomic E-state index is -0.864. The molecule has 0 N–H and O–H groups in total. The Hall–Kier alpha value is -2.08. The topological polar surface area (TPSA) is 49.9 Å². The third-order valence-electron chi connectivity index (χ3n) is 4.96. The number of carbonyl (C=O) groups is 2. The van der Waals surface area contributed by atoms with Crippen molar-refractivity contribution in [2.24, 2.45) is 5.92 Å². The number of carbonyl (C=O) groups excluding carboxylic acids is 2. The summed E-state index contributed by atoms with van der Waals surface area (Å²) in [6, 6.07) is 13.8. The molecule has 2 saturated heterocycles. The molecule has 0 unspecified atom stereocenters. The number of hydroxylamine groups is 1. The maximum absolute atomic E-state index is 13.1. The van der Waals surface area contributed by atoms with Crippen LogP contribution in [-0.2, 0) is 14.4 Å². The fraction of sp³-hybridized carbons (Fsp3) is 0.300. The first-order chi connectivity index (χ1) is 12.9. The number of likely N-dealkylation sites (tertiary alicyclic amines) is 1. The molecule has 0 radical (unpaired) electrons. The van der Waals surface area contributed by atoms with E-state index < -0.39 is 18.1 Å². The fourth-order valence-corrected chi connectivity index (χ4v) is 4.32. The van der Waals surface area contributed by atoms with Gasteiger partial charge < -0.3 is 0 Å². The summed E-state index contributed by atoms with van der Waals surface area (Å²) in [5.41, 5.74) is 1.45. The fourth-order valence-electron chi connectivity index (χ4n) is 3.80. The lowest BCUT2D eigenvalue weighted by molar-refractivity contribution is -0.145. The number of nitrogens with zero attached hydrogens (tertiary/aromatic N) is 2. The highest BCUT2D eigenvalue weighted by Crippen LogP contribution is 2.48. The Balaban J connectivity index is 1.84. The summed E-state index contributed by atoms with van der Waals surface area (Å²) in [5.74, 6) is -1.22. The first kappa shape index (κ1) is 18.3. The molecule has 2 aliphatic rings. The lowest BCUT2D eigenvalue weighted by atomic mass is 9.90. The number of hydrogen-bond donors (Lipinski definition) is 0. The van der Waals surface area contributed by atoms with Gasteiger partial charge in [0.05, 0.1) is 11.7 Å². The van der Waals surface area contributed by atoms with Gasteiger partial charge in [-0.15, -0.1) is 0 Å².